The zero-order valence-corrected chi connectivity index (χ0v) is 7.98. The van der Waals surface area contributed by atoms with E-state index in [4.69, 9.17) is 4.74 Å². The Morgan fingerprint density at radius 3 is 2.55 bits per heavy atom. The molecule has 0 amide bonds. The minimum Gasteiger partial charge on any atom is -0.368 e. The highest BCUT2D eigenvalue weighted by molar-refractivity contribution is 5.06. The summed E-state index contributed by atoms with van der Waals surface area (Å²) in [5.74, 6) is 0. The Bertz CT molecular complexity index is 168. The van der Waals surface area contributed by atoms with Crippen molar-refractivity contribution in [3.63, 3.8) is 0 Å². The summed E-state index contributed by atoms with van der Waals surface area (Å²) in [7, 11) is 0. The van der Waals surface area contributed by atoms with Gasteiger partial charge in [-0.3, -0.25) is 0 Å². The van der Waals surface area contributed by atoms with Crippen molar-refractivity contribution in [1.82, 2.24) is 0 Å². The number of ether oxygens (including phenoxy) is 1. The van der Waals surface area contributed by atoms with Gasteiger partial charge in [-0.25, -0.2) is 0 Å². The van der Waals surface area contributed by atoms with Gasteiger partial charge in [0.05, 0.1) is 11.7 Å². The fourth-order valence-corrected chi connectivity index (χ4v) is 1.49. The molecule has 11 heavy (non-hydrogen) atoms. The fourth-order valence-electron chi connectivity index (χ4n) is 1.49. The maximum absolute atomic E-state index is 5.83. The highest BCUT2D eigenvalue weighted by Crippen LogP contribution is 2.32. The average Bonchev–Trinajstić information content (AvgIpc) is 2.29. The number of hydrogen-bond donors (Lipinski definition) is 0. The number of allylic oxidation sites excluding steroid dienone is 1. The van der Waals surface area contributed by atoms with E-state index in [9.17, 15) is 0 Å². The van der Waals surface area contributed by atoms with Gasteiger partial charge in [0.2, 0.25) is 0 Å². The molecule has 0 radical (unpaired) electrons. The lowest BCUT2D eigenvalue weighted by Gasteiger charge is -2.19. The molecule has 1 aliphatic rings. The Labute approximate surface area is 69.4 Å². The Balaban J connectivity index is 2.55. The SMILES string of the molecule is C/C=C(/C)C1CCC(C)(C)O1. The molecule has 1 heterocycles. The van der Waals surface area contributed by atoms with Crippen molar-refractivity contribution in [3.8, 4) is 0 Å². The summed E-state index contributed by atoms with van der Waals surface area (Å²) in [5, 5.41) is 0. The van der Waals surface area contributed by atoms with Crippen LogP contribution in [0, 0.1) is 0 Å². The van der Waals surface area contributed by atoms with Gasteiger partial charge in [0.15, 0.2) is 0 Å². The molecule has 1 heteroatoms. The smallest absolute Gasteiger partial charge is 0.0790 e. The first-order chi connectivity index (χ1) is 5.05. The summed E-state index contributed by atoms with van der Waals surface area (Å²) in [4.78, 5) is 0. The first-order valence-electron chi connectivity index (χ1n) is 4.36. The molecule has 1 atom stereocenters. The van der Waals surface area contributed by atoms with Crippen molar-refractivity contribution in [3.05, 3.63) is 11.6 Å². The molecule has 1 fully saturated rings. The first-order valence-corrected chi connectivity index (χ1v) is 4.36. The molecule has 0 saturated carbocycles. The van der Waals surface area contributed by atoms with Gasteiger partial charge in [-0.05, 0) is 46.1 Å². The molecule has 1 aliphatic heterocycles. The second-order valence-electron chi connectivity index (χ2n) is 3.94. The van der Waals surface area contributed by atoms with Gasteiger partial charge in [0.1, 0.15) is 0 Å². The standard InChI is InChI=1S/C10H18O/c1-5-8(2)9-6-7-10(3,4)11-9/h5,9H,6-7H2,1-4H3/b8-5-. The summed E-state index contributed by atoms with van der Waals surface area (Å²) in [6.07, 6.45) is 4.90. The summed E-state index contributed by atoms with van der Waals surface area (Å²) in [6, 6.07) is 0. The maximum atomic E-state index is 5.83. The third-order valence-electron chi connectivity index (χ3n) is 2.43. The van der Waals surface area contributed by atoms with E-state index in [0.717, 1.165) is 0 Å². The fraction of sp³-hybridized carbons (Fsp3) is 0.800. The third kappa shape index (κ3) is 2.06. The minimum absolute atomic E-state index is 0.106. The molecule has 0 aliphatic carbocycles. The van der Waals surface area contributed by atoms with Gasteiger partial charge in [0, 0.05) is 0 Å². The molecule has 1 unspecified atom stereocenters. The topological polar surface area (TPSA) is 9.23 Å². The largest absolute Gasteiger partial charge is 0.368 e. The maximum Gasteiger partial charge on any atom is 0.0790 e. The van der Waals surface area contributed by atoms with Crippen LogP contribution in [0.3, 0.4) is 0 Å². The monoisotopic (exact) mass is 154 g/mol. The van der Waals surface area contributed by atoms with E-state index in [1.807, 2.05) is 0 Å². The van der Waals surface area contributed by atoms with Crippen molar-refractivity contribution in [2.24, 2.45) is 0 Å². The van der Waals surface area contributed by atoms with Crippen LogP contribution in [0.4, 0.5) is 0 Å². The van der Waals surface area contributed by atoms with Crippen molar-refractivity contribution >= 4 is 0 Å². The van der Waals surface area contributed by atoms with Crippen LogP contribution in [0.25, 0.3) is 0 Å². The molecule has 64 valence electrons. The predicted molar refractivity (Wildman–Crippen MR) is 47.6 cm³/mol. The van der Waals surface area contributed by atoms with E-state index < -0.39 is 0 Å². The van der Waals surface area contributed by atoms with Crippen LogP contribution < -0.4 is 0 Å². The molecule has 0 aromatic carbocycles. The van der Waals surface area contributed by atoms with Crippen LogP contribution in [0.2, 0.25) is 0 Å². The van der Waals surface area contributed by atoms with Crippen molar-refractivity contribution in [2.45, 2.75) is 52.2 Å². The molecule has 0 spiro atoms. The number of rotatable bonds is 1. The third-order valence-corrected chi connectivity index (χ3v) is 2.43. The highest BCUT2D eigenvalue weighted by atomic mass is 16.5. The van der Waals surface area contributed by atoms with Gasteiger partial charge in [-0.1, -0.05) is 6.08 Å². The molecular formula is C10H18O. The van der Waals surface area contributed by atoms with Gasteiger partial charge in [-0.15, -0.1) is 0 Å². The van der Waals surface area contributed by atoms with E-state index in [-0.39, 0.29) is 5.60 Å². The van der Waals surface area contributed by atoms with Crippen LogP contribution in [-0.4, -0.2) is 11.7 Å². The van der Waals surface area contributed by atoms with E-state index in [0.29, 0.717) is 6.10 Å². The molecule has 0 N–H and O–H groups in total. The minimum atomic E-state index is 0.106. The molecule has 1 nitrogen and oxygen atoms in total. The normalized spacial score (nSPS) is 30.9. The summed E-state index contributed by atoms with van der Waals surface area (Å²) in [5.41, 5.74) is 1.48. The number of hydrogen-bond acceptors (Lipinski definition) is 1. The van der Waals surface area contributed by atoms with Crippen molar-refractivity contribution in [2.75, 3.05) is 0 Å². The highest BCUT2D eigenvalue weighted by Gasteiger charge is 2.31. The van der Waals surface area contributed by atoms with Crippen LogP contribution in [0.5, 0.6) is 0 Å². The second-order valence-corrected chi connectivity index (χ2v) is 3.94. The van der Waals surface area contributed by atoms with Crippen LogP contribution in [-0.2, 0) is 4.74 Å². The van der Waals surface area contributed by atoms with Crippen LogP contribution in [0.1, 0.15) is 40.5 Å². The zero-order valence-electron chi connectivity index (χ0n) is 7.98. The predicted octanol–water partition coefficient (Wildman–Crippen LogP) is 2.91. The zero-order chi connectivity index (χ0) is 8.48. The lowest BCUT2D eigenvalue weighted by molar-refractivity contribution is 0.000500. The first kappa shape index (κ1) is 8.79. The molecule has 1 saturated heterocycles. The lowest BCUT2D eigenvalue weighted by atomic mass is 10.0. The Morgan fingerprint density at radius 2 is 2.18 bits per heavy atom. The Hall–Kier alpha value is -0.300. The average molecular weight is 154 g/mol. The molecule has 0 aromatic rings. The van der Waals surface area contributed by atoms with Gasteiger partial charge >= 0.3 is 0 Å². The van der Waals surface area contributed by atoms with Crippen molar-refractivity contribution in [1.29, 1.82) is 0 Å². The molecule has 0 aromatic heterocycles. The quantitative estimate of drug-likeness (QED) is 0.528. The van der Waals surface area contributed by atoms with Crippen molar-refractivity contribution < 1.29 is 4.74 Å². The van der Waals surface area contributed by atoms with E-state index >= 15 is 0 Å². The van der Waals surface area contributed by atoms with Gasteiger partial charge < -0.3 is 4.74 Å². The lowest BCUT2D eigenvalue weighted by Crippen LogP contribution is -2.20. The summed E-state index contributed by atoms with van der Waals surface area (Å²) < 4.78 is 5.83. The van der Waals surface area contributed by atoms with E-state index in [1.165, 1.54) is 18.4 Å². The molecule has 1 rings (SSSR count). The van der Waals surface area contributed by atoms with Gasteiger partial charge in [-0.2, -0.15) is 0 Å². The second kappa shape index (κ2) is 2.98. The molecule has 0 bridgehead atoms. The molecular weight excluding hydrogens is 136 g/mol. The Kier molecular flexibility index (Phi) is 2.38. The van der Waals surface area contributed by atoms with Crippen LogP contribution >= 0.6 is 0 Å². The van der Waals surface area contributed by atoms with Gasteiger partial charge in [0.25, 0.3) is 0 Å². The summed E-state index contributed by atoms with van der Waals surface area (Å²) in [6.45, 7) is 8.54. The summed E-state index contributed by atoms with van der Waals surface area (Å²) >= 11 is 0. The van der Waals surface area contributed by atoms with E-state index in [2.05, 4.69) is 33.8 Å². The van der Waals surface area contributed by atoms with E-state index in [1.54, 1.807) is 0 Å². The Morgan fingerprint density at radius 1 is 1.55 bits per heavy atom. The van der Waals surface area contributed by atoms with Crippen LogP contribution in [0.15, 0.2) is 11.6 Å².